The molecule has 3 N–H and O–H groups in total. The van der Waals surface area contributed by atoms with E-state index in [2.05, 4.69) is 10.2 Å². The van der Waals surface area contributed by atoms with Crippen molar-refractivity contribution in [1.29, 1.82) is 0 Å². The fraction of sp³-hybridized carbons (Fsp3) is 0.316. The van der Waals surface area contributed by atoms with Gasteiger partial charge in [0.15, 0.2) is 0 Å². The van der Waals surface area contributed by atoms with E-state index >= 15 is 0 Å². The van der Waals surface area contributed by atoms with Crippen molar-refractivity contribution < 1.29 is 14.3 Å². The van der Waals surface area contributed by atoms with Crippen molar-refractivity contribution in [3.8, 4) is 11.5 Å². The number of fused-ring (bicyclic) bond motifs is 1. The van der Waals surface area contributed by atoms with Gasteiger partial charge in [-0.1, -0.05) is 6.07 Å². The van der Waals surface area contributed by atoms with Crippen LogP contribution in [0.5, 0.6) is 11.5 Å². The highest BCUT2D eigenvalue weighted by atomic mass is 16.5. The Balaban J connectivity index is 1.73. The number of hydrogen-bond donors (Lipinski definition) is 2. The summed E-state index contributed by atoms with van der Waals surface area (Å²) >= 11 is 0. The molecular formula is C19H23N3O3. The van der Waals surface area contributed by atoms with Crippen LogP contribution in [0, 0.1) is 0 Å². The molecule has 1 aliphatic heterocycles. The fourth-order valence-electron chi connectivity index (χ4n) is 3.16. The maximum Gasteiger partial charge on any atom is 0.243 e. The van der Waals surface area contributed by atoms with Crippen LogP contribution >= 0.6 is 0 Å². The number of nitrogens with one attached hydrogen (secondary N) is 1. The average molecular weight is 341 g/mol. The van der Waals surface area contributed by atoms with Gasteiger partial charge in [-0.3, -0.25) is 4.79 Å². The first kappa shape index (κ1) is 17.0. The van der Waals surface area contributed by atoms with E-state index in [1.165, 1.54) is 0 Å². The van der Waals surface area contributed by atoms with E-state index in [-0.39, 0.29) is 12.5 Å². The van der Waals surface area contributed by atoms with Gasteiger partial charge in [-0.15, -0.1) is 0 Å². The number of nitrogens with zero attached hydrogens (tertiary/aromatic N) is 1. The first-order valence-electron chi connectivity index (χ1n) is 8.26. The molecule has 3 rings (SSSR count). The molecule has 1 aliphatic rings. The Morgan fingerprint density at radius 2 is 2.08 bits per heavy atom. The molecule has 0 aliphatic carbocycles. The lowest BCUT2D eigenvalue weighted by Gasteiger charge is -2.31. The molecule has 0 bridgehead atoms. The number of amides is 1. The van der Waals surface area contributed by atoms with Crippen LogP contribution in [0.3, 0.4) is 0 Å². The van der Waals surface area contributed by atoms with Crippen LogP contribution in [0.1, 0.15) is 12.0 Å². The molecule has 1 heterocycles. The highest BCUT2D eigenvalue weighted by Gasteiger charge is 2.21. The Morgan fingerprint density at radius 3 is 2.84 bits per heavy atom. The zero-order chi connectivity index (χ0) is 17.8. The molecule has 0 saturated heterocycles. The highest BCUT2D eigenvalue weighted by molar-refractivity contribution is 5.95. The Labute approximate surface area is 147 Å². The van der Waals surface area contributed by atoms with Gasteiger partial charge < -0.3 is 25.4 Å². The maximum atomic E-state index is 12.5. The molecule has 2 aromatic carbocycles. The molecule has 0 spiro atoms. The van der Waals surface area contributed by atoms with Crippen LogP contribution in [0.2, 0.25) is 0 Å². The van der Waals surface area contributed by atoms with E-state index in [1.807, 2.05) is 18.2 Å². The number of benzene rings is 2. The summed E-state index contributed by atoms with van der Waals surface area (Å²) in [6, 6.07) is 11.2. The highest BCUT2D eigenvalue weighted by Crippen LogP contribution is 2.32. The van der Waals surface area contributed by atoms with E-state index in [9.17, 15) is 4.79 Å². The molecule has 2 aromatic rings. The Kier molecular flexibility index (Phi) is 4.97. The number of ether oxygens (including phenoxy) is 2. The summed E-state index contributed by atoms with van der Waals surface area (Å²) in [6.07, 6.45) is 1.94. The number of hydrogen-bond acceptors (Lipinski definition) is 5. The Bertz CT molecular complexity index is 777. The third-order valence-electron chi connectivity index (χ3n) is 4.40. The summed E-state index contributed by atoms with van der Waals surface area (Å²) in [5.41, 5.74) is 9.65. The van der Waals surface area contributed by atoms with Crippen molar-refractivity contribution in [2.45, 2.75) is 12.8 Å². The van der Waals surface area contributed by atoms with Crippen LogP contribution in [-0.2, 0) is 11.2 Å². The van der Waals surface area contributed by atoms with E-state index in [0.717, 1.165) is 36.3 Å². The van der Waals surface area contributed by atoms with E-state index in [4.69, 9.17) is 15.2 Å². The molecule has 0 atom stereocenters. The first-order chi connectivity index (χ1) is 12.1. The number of rotatable bonds is 5. The number of carbonyl (C=O) groups excluding carboxylic acids is 1. The minimum Gasteiger partial charge on any atom is -0.497 e. The van der Waals surface area contributed by atoms with Crippen molar-refractivity contribution >= 4 is 23.0 Å². The first-order valence-corrected chi connectivity index (χ1v) is 8.26. The van der Waals surface area contributed by atoms with Gasteiger partial charge in [-0.05, 0) is 42.7 Å². The van der Waals surface area contributed by atoms with Crippen molar-refractivity contribution in [2.75, 3.05) is 43.3 Å². The zero-order valence-corrected chi connectivity index (χ0v) is 14.5. The second kappa shape index (κ2) is 7.34. The summed E-state index contributed by atoms with van der Waals surface area (Å²) in [7, 11) is 3.15. The smallest absolute Gasteiger partial charge is 0.243 e. The third kappa shape index (κ3) is 3.63. The standard InChI is InChI=1S/C19H23N3O3/c1-24-13-8-9-16(18(11-13)25-2)21-19(23)12-22-10-4-5-14-15(20)6-3-7-17(14)22/h3,6-9,11H,4-5,10,12,20H2,1-2H3,(H,21,23). The lowest BCUT2D eigenvalue weighted by atomic mass is 10.00. The van der Waals surface area contributed by atoms with Crippen LogP contribution in [-0.4, -0.2) is 33.2 Å². The van der Waals surface area contributed by atoms with Crippen molar-refractivity contribution in [3.63, 3.8) is 0 Å². The largest absolute Gasteiger partial charge is 0.497 e. The maximum absolute atomic E-state index is 12.5. The Morgan fingerprint density at radius 1 is 1.24 bits per heavy atom. The topological polar surface area (TPSA) is 76.8 Å². The molecule has 1 amide bonds. The van der Waals surface area contributed by atoms with Gasteiger partial charge in [0.1, 0.15) is 11.5 Å². The Hall–Kier alpha value is -2.89. The number of nitrogen functional groups attached to an aromatic ring is 1. The van der Waals surface area contributed by atoms with Gasteiger partial charge in [0.05, 0.1) is 26.5 Å². The molecule has 6 heteroatoms. The average Bonchev–Trinajstić information content (AvgIpc) is 2.63. The normalized spacial score (nSPS) is 13.1. The predicted octanol–water partition coefficient (Wildman–Crippen LogP) is 2.68. The fourth-order valence-corrected chi connectivity index (χ4v) is 3.16. The van der Waals surface area contributed by atoms with Crippen LogP contribution < -0.4 is 25.4 Å². The van der Waals surface area contributed by atoms with Gasteiger partial charge in [-0.2, -0.15) is 0 Å². The number of nitrogens with two attached hydrogens (primary N) is 1. The molecule has 0 unspecified atom stereocenters. The predicted molar refractivity (Wildman–Crippen MR) is 99.6 cm³/mol. The van der Waals surface area contributed by atoms with Crippen LogP contribution in [0.15, 0.2) is 36.4 Å². The van der Waals surface area contributed by atoms with Crippen LogP contribution in [0.25, 0.3) is 0 Å². The number of anilines is 3. The number of methoxy groups -OCH3 is 2. The minimum absolute atomic E-state index is 0.0984. The molecule has 0 fully saturated rings. The quantitative estimate of drug-likeness (QED) is 0.818. The minimum atomic E-state index is -0.0984. The summed E-state index contributed by atoms with van der Waals surface area (Å²) in [5, 5.41) is 2.91. The third-order valence-corrected chi connectivity index (χ3v) is 4.40. The molecule has 25 heavy (non-hydrogen) atoms. The van der Waals surface area contributed by atoms with Gasteiger partial charge >= 0.3 is 0 Å². The monoisotopic (exact) mass is 341 g/mol. The van der Waals surface area contributed by atoms with Gasteiger partial charge in [0.25, 0.3) is 0 Å². The molecule has 0 radical (unpaired) electrons. The van der Waals surface area contributed by atoms with E-state index in [0.29, 0.717) is 17.2 Å². The van der Waals surface area contributed by atoms with Crippen LogP contribution in [0.4, 0.5) is 17.1 Å². The molecular weight excluding hydrogens is 318 g/mol. The molecule has 132 valence electrons. The second-order valence-corrected chi connectivity index (χ2v) is 5.98. The van der Waals surface area contributed by atoms with E-state index < -0.39 is 0 Å². The summed E-state index contributed by atoms with van der Waals surface area (Å²) in [6.45, 7) is 1.11. The van der Waals surface area contributed by atoms with E-state index in [1.54, 1.807) is 32.4 Å². The second-order valence-electron chi connectivity index (χ2n) is 5.98. The summed E-state index contributed by atoms with van der Waals surface area (Å²) < 4.78 is 10.5. The lowest BCUT2D eigenvalue weighted by molar-refractivity contribution is -0.115. The van der Waals surface area contributed by atoms with Crippen molar-refractivity contribution in [1.82, 2.24) is 0 Å². The van der Waals surface area contributed by atoms with Gasteiger partial charge in [-0.25, -0.2) is 0 Å². The molecule has 0 aromatic heterocycles. The zero-order valence-electron chi connectivity index (χ0n) is 14.5. The summed E-state index contributed by atoms with van der Waals surface area (Å²) in [5.74, 6) is 1.14. The summed E-state index contributed by atoms with van der Waals surface area (Å²) in [4.78, 5) is 14.6. The SMILES string of the molecule is COc1ccc(NC(=O)CN2CCCc3c(N)cccc32)c(OC)c1. The molecule has 6 nitrogen and oxygen atoms in total. The molecule has 0 saturated carbocycles. The van der Waals surface area contributed by atoms with Crippen molar-refractivity contribution in [2.24, 2.45) is 0 Å². The van der Waals surface area contributed by atoms with Gasteiger partial charge in [0.2, 0.25) is 5.91 Å². The number of carbonyl (C=O) groups is 1. The lowest BCUT2D eigenvalue weighted by Crippen LogP contribution is -2.37. The van der Waals surface area contributed by atoms with Gasteiger partial charge in [0, 0.05) is 24.0 Å². The van der Waals surface area contributed by atoms with Crippen molar-refractivity contribution in [3.05, 3.63) is 42.0 Å².